The van der Waals surface area contributed by atoms with E-state index < -0.39 is 0 Å². The van der Waals surface area contributed by atoms with Gasteiger partial charge in [-0.3, -0.25) is 9.59 Å². The summed E-state index contributed by atoms with van der Waals surface area (Å²) in [6, 6.07) is 11.5. The summed E-state index contributed by atoms with van der Waals surface area (Å²) < 4.78 is 11.1. The highest BCUT2D eigenvalue weighted by Crippen LogP contribution is 2.32. The van der Waals surface area contributed by atoms with Crippen LogP contribution in [0.25, 0.3) is 0 Å². The Morgan fingerprint density at radius 2 is 1.86 bits per heavy atom. The monoisotopic (exact) mass is 493 g/mol. The number of carbonyl (C=O) groups excluding carboxylic acids is 2. The van der Waals surface area contributed by atoms with Crippen molar-refractivity contribution < 1.29 is 19.1 Å². The number of benzene rings is 2. The fraction of sp³-hybridized carbons (Fsp3) is 0.370. The summed E-state index contributed by atoms with van der Waals surface area (Å²) in [6.45, 7) is 7.35. The number of methoxy groups -OCH3 is 1. The fourth-order valence-corrected chi connectivity index (χ4v) is 5.12. The van der Waals surface area contributed by atoms with E-state index in [1.807, 2.05) is 62.1 Å². The van der Waals surface area contributed by atoms with E-state index in [1.54, 1.807) is 12.5 Å². The van der Waals surface area contributed by atoms with E-state index in [0.29, 0.717) is 36.0 Å². The third kappa shape index (κ3) is 5.82. The van der Waals surface area contributed by atoms with Gasteiger partial charge in [0.2, 0.25) is 0 Å². The van der Waals surface area contributed by atoms with Gasteiger partial charge in [-0.1, -0.05) is 18.2 Å². The number of hydrogen-bond donors (Lipinski definition) is 1. The molecule has 0 aliphatic carbocycles. The zero-order valence-electron chi connectivity index (χ0n) is 20.6. The zero-order chi connectivity index (χ0) is 24.9. The number of carbonyl (C=O) groups is 2. The lowest BCUT2D eigenvalue weighted by Gasteiger charge is -2.31. The van der Waals surface area contributed by atoms with E-state index in [2.05, 4.69) is 10.3 Å². The highest BCUT2D eigenvalue weighted by atomic mass is 32.1. The van der Waals surface area contributed by atoms with Crippen LogP contribution in [0, 0.1) is 20.8 Å². The van der Waals surface area contributed by atoms with Crippen molar-refractivity contribution >= 4 is 28.8 Å². The van der Waals surface area contributed by atoms with Gasteiger partial charge in [-0.25, -0.2) is 4.98 Å². The van der Waals surface area contributed by atoms with Gasteiger partial charge in [0.05, 0.1) is 17.8 Å². The average molecular weight is 494 g/mol. The van der Waals surface area contributed by atoms with Crippen molar-refractivity contribution in [3.05, 3.63) is 69.2 Å². The molecule has 0 atom stereocenters. The van der Waals surface area contributed by atoms with Gasteiger partial charge in [-0.15, -0.1) is 11.3 Å². The number of rotatable bonds is 7. The quantitative estimate of drug-likeness (QED) is 0.494. The lowest BCUT2D eigenvalue weighted by Crippen LogP contribution is -2.40. The molecule has 3 aromatic rings. The maximum Gasteiger partial charge on any atom is 0.275 e. The van der Waals surface area contributed by atoms with Crippen LogP contribution in [-0.4, -0.2) is 48.5 Å². The van der Waals surface area contributed by atoms with E-state index in [9.17, 15) is 9.59 Å². The number of anilines is 1. The van der Waals surface area contributed by atoms with Crippen molar-refractivity contribution in [1.82, 2.24) is 9.88 Å². The molecule has 0 radical (unpaired) electrons. The van der Waals surface area contributed by atoms with Crippen molar-refractivity contribution in [2.24, 2.45) is 0 Å². The summed E-state index contributed by atoms with van der Waals surface area (Å²) in [5.41, 5.74) is 4.32. The number of piperidine rings is 1. The maximum atomic E-state index is 12.8. The number of thiazole rings is 1. The largest absolute Gasteiger partial charge is 0.495 e. The van der Waals surface area contributed by atoms with Crippen LogP contribution in [0.5, 0.6) is 11.5 Å². The number of hydrogen-bond acceptors (Lipinski definition) is 6. The molecule has 7 nitrogen and oxygen atoms in total. The number of nitrogens with zero attached hydrogens (tertiary/aromatic N) is 2. The van der Waals surface area contributed by atoms with Gasteiger partial charge >= 0.3 is 0 Å². The Bertz CT molecular complexity index is 1210. The van der Waals surface area contributed by atoms with Crippen LogP contribution in [0.15, 0.2) is 41.8 Å². The van der Waals surface area contributed by atoms with Gasteiger partial charge in [-0.05, 0) is 68.5 Å². The first-order valence-electron chi connectivity index (χ1n) is 11.7. The molecule has 1 fully saturated rings. The van der Waals surface area contributed by atoms with Crippen LogP contribution in [0.1, 0.15) is 50.9 Å². The molecule has 184 valence electrons. The van der Waals surface area contributed by atoms with Gasteiger partial charge in [0.15, 0.2) is 6.61 Å². The van der Waals surface area contributed by atoms with E-state index >= 15 is 0 Å². The van der Waals surface area contributed by atoms with Gasteiger partial charge < -0.3 is 19.7 Å². The van der Waals surface area contributed by atoms with E-state index in [-0.39, 0.29) is 24.3 Å². The number of amides is 2. The molecule has 1 aliphatic heterocycles. The molecular formula is C27H31N3O4S. The highest BCUT2D eigenvalue weighted by Gasteiger charge is 2.27. The maximum absolute atomic E-state index is 12.8. The molecule has 35 heavy (non-hydrogen) atoms. The van der Waals surface area contributed by atoms with Crippen molar-refractivity contribution in [1.29, 1.82) is 0 Å². The number of para-hydroxylation sites is 1. The van der Waals surface area contributed by atoms with Crippen LogP contribution in [0.3, 0.4) is 0 Å². The Kier molecular flexibility index (Phi) is 7.70. The highest BCUT2D eigenvalue weighted by molar-refractivity contribution is 7.10. The minimum atomic E-state index is -0.254. The second kappa shape index (κ2) is 10.9. The van der Waals surface area contributed by atoms with Crippen molar-refractivity contribution in [3.8, 4) is 11.5 Å². The first-order valence-corrected chi connectivity index (χ1v) is 12.6. The van der Waals surface area contributed by atoms with Crippen molar-refractivity contribution in [2.45, 2.75) is 39.5 Å². The molecule has 8 heteroatoms. The third-order valence-corrected chi connectivity index (χ3v) is 7.49. The van der Waals surface area contributed by atoms with Crippen LogP contribution in [0.2, 0.25) is 0 Å². The molecule has 0 spiro atoms. The number of nitrogens with one attached hydrogen (secondary N) is 1. The van der Waals surface area contributed by atoms with Gasteiger partial charge in [-0.2, -0.15) is 0 Å². The predicted molar refractivity (Wildman–Crippen MR) is 138 cm³/mol. The van der Waals surface area contributed by atoms with Gasteiger partial charge in [0.25, 0.3) is 11.8 Å². The van der Waals surface area contributed by atoms with Crippen LogP contribution in [-0.2, 0) is 4.79 Å². The summed E-state index contributed by atoms with van der Waals surface area (Å²) in [5.74, 6) is 1.31. The molecule has 1 N–H and O–H groups in total. The topological polar surface area (TPSA) is 80.8 Å². The summed E-state index contributed by atoms with van der Waals surface area (Å²) in [6.07, 6.45) is 1.63. The smallest absolute Gasteiger partial charge is 0.275 e. The molecule has 2 heterocycles. The van der Waals surface area contributed by atoms with Gasteiger partial charge in [0, 0.05) is 24.4 Å². The fourth-order valence-electron chi connectivity index (χ4n) is 4.14. The number of aromatic nitrogens is 1. The van der Waals surface area contributed by atoms with Crippen molar-refractivity contribution in [3.63, 3.8) is 0 Å². The minimum absolute atomic E-state index is 0.00642. The Morgan fingerprint density at radius 3 is 2.57 bits per heavy atom. The molecule has 2 amide bonds. The number of ether oxygens (including phenoxy) is 2. The molecule has 1 saturated heterocycles. The second-order valence-corrected chi connectivity index (χ2v) is 9.76. The molecule has 1 aliphatic rings. The Morgan fingerprint density at radius 1 is 1.09 bits per heavy atom. The lowest BCUT2D eigenvalue weighted by atomic mass is 9.97. The van der Waals surface area contributed by atoms with Crippen LogP contribution < -0.4 is 14.8 Å². The third-order valence-electron chi connectivity index (χ3n) is 6.49. The molecule has 0 saturated carbocycles. The van der Waals surface area contributed by atoms with Gasteiger partial charge in [0.1, 0.15) is 17.2 Å². The predicted octanol–water partition coefficient (Wildman–Crippen LogP) is 5.11. The molecule has 0 bridgehead atoms. The first-order chi connectivity index (χ1) is 16.9. The molecule has 4 rings (SSSR count). The van der Waals surface area contributed by atoms with E-state index in [4.69, 9.17) is 9.47 Å². The van der Waals surface area contributed by atoms with Crippen LogP contribution >= 0.6 is 11.3 Å². The second-order valence-electron chi connectivity index (χ2n) is 8.87. The van der Waals surface area contributed by atoms with E-state index in [0.717, 1.165) is 29.0 Å². The minimum Gasteiger partial charge on any atom is -0.495 e. The lowest BCUT2D eigenvalue weighted by molar-refractivity contribution is -0.134. The molecule has 0 unspecified atom stereocenters. The van der Waals surface area contributed by atoms with Crippen LogP contribution in [0.4, 0.5) is 5.69 Å². The SMILES string of the molecule is COc1cccc(C)c1NC(=O)c1csc(C2CCN(C(=O)COc3ccc(C)c(C)c3)CC2)n1. The molecule has 1 aromatic heterocycles. The summed E-state index contributed by atoms with van der Waals surface area (Å²) in [4.78, 5) is 31.9. The van der Waals surface area contributed by atoms with E-state index in [1.165, 1.54) is 16.9 Å². The van der Waals surface area contributed by atoms with Crippen molar-refractivity contribution in [2.75, 3.05) is 32.1 Å². The number of aryl methyl sites for hydroxylation is 3. The molecule has 2 aromatic carbocycles. The normalized spacial score (nSPS) is 14.0. The summed E-state index contributed by atoms with van der Waals surface area (Å²) in [7, 11) is 1.58. The number of likely N-dealkylation sites (tertiary alicyclic amines) is 1. The Balaban J connectivity index is 1.30. The zero-order valence-corrected chi connectivity index (χ0v) is 21.4. The Labute approximate surface area is 210 Å². The average Bonchev–Trinajstić information content (AvgIpc) is 3.36. The molecular weight excluding hydrogens is 462 g/mol. The summed E-state index contributed by atoms with van der Waals surface area (Å²) >= 11 is 1.50. The summed E-state index contributed by atoms with van der Waals surface area (Å²) in [5, 5.41) is 5.66. The Hall–Kier alpha value is -3.39. The first kappa shape index (κ1) is 24.7. The standard InChI is InChI=1S/C27H31N3O4S/c1-17-8-9-21(14-19(17)3)34-15-24(31)30-12-10-20(11-13-30)27-28-22(16-35-27)26(32)29-25-18(2)6-5-7-23(25)33-4/h5-9,14,16,20H,10-13,15H2,1-4H3,(H,29,32).